The van der Waals surface area contributed by atoms with Crippen LogP contribution in [0.5, 0.6) is 5.75 Å². The highest BCUT2D eigenvalue weighted by molar-refractivity contribution is 5.81. The van der Waals surface area contributed by atoms with Crippen LogP contribution < -0.4 is 4.74 Å². The Morgan fingerprint density at radius 2 is 2.07 bits per heavy atom. The summed E-state index contributed by atoms with van der Waals surface area (Å²) in [7, 11) is 0. The Balaban J connectivity index is 2.22. The minimum absolute atomic E-state index is 0.606. The van der Waals surface area contributed by atoms with E-state index in [0.717, 1.165) is 5.56 Å². The first-order chi connectivity index (χ1) is 7.22. The van der Waals surface area contributed by atoms with Crippen molar-refractivity contribution in [3.8, 4) is 5.75 Å². The lowest BCUT2D eigenvalue weighted by Crippen LogP contribution is -2.45. The van der Waals surface area contributed by atoms with Gasteiger partial charge in [-0.15, -0.1) is 0 Å². The molecule has 0 radical (unpaired) electrons. The molecule has 1 aromatic carbocycles. The molecular weight excluding hydrogens is 192 g/mol. The Bertz CT molecular complexity index is 476. The number of allylic oxidation sites excluding steroid dienone is 2. The molecule has 3 rings (SSSR count). The highest BCUT2D eigenvalue weighted by Gasteiger charge is 2.48. The number of hydrogen-bond donors (Lipinski definition) is 2. The van der Waals surface area contributed by atoms with Crippen LogP contribution in [-0.4, -0.2) is 22.1 Å². The number of fused-ring (bicyclic) bond motifs is 3. The van der Waals surface area contributed by atoms with Gasteiger partial charge >= 0.3 is 0 Å². The molecular formula is C12H10O3. The molecule has 0 saturated carbocycles. The topological polar surface area (TPSA) is 49.7 Å². The molecule has 1 aliphatic carbocycles. The SMILES string of the molecule is OC1C=CC=C2c3ccccc3OC21O. The molecule has 2 atom stereocenters. The van der Waals surface area contributed by atoms with Crippen molar-refractivity contribution in [1.29, 1.82) is 0 Å². The van der Waals surface area contributed by atoms with Crippen LogP contribution >= 0.6 is 0 Å². The smallest absolute Gasteiger partial charge is 0.265 e. The quantitative estimate of drug-likeness (QED) is 0.662. The van der Waals surface area contributed by atoms with Crippen LogP contribution in [0.2, 0.25) is 0 Å². The molecule has 1 heterocycles. The van der Waals surface area contributed by atoms with Gasteiger partial charge in [0.2, 0.25) is 0 Å². The van der Waals surface area contributed by atoms with Gasteiger partial charge in [0.1, 0.15) is 11.9 Å². The summed E-state index contributed by atoms with van der Waals surface area (Å²) in [6.07, 6.45) is 3.97. The van der Waals surface area contributed by atoms with Crippen LogP contribution in [0.3, 0.4) is 0 Å². The normalized spacial score (nSPS) is 31.6. The molecule has 0 spiro atoms. The summed E-state index contributed by atoms with van der Waals surface area (Å²) < 4.78 is 5.40. The van der Waals surface area contributed by atoms with Crippen molar-refractivity contribution in [2.24, 2.45) is 0 Å². The van der Waals surface area contributed by atoms with Gasteiger partial charge in [0.05, 0.1) is 0 Å². The minimum Gasteiger partial charge on any atom is -0.454 e. The second-order valence-corrected chi connectivity index (χ2v) is 3.70. The second kappa shape index (κ2) is 2.72. The third-order valence-electron chi connectivity index (χ3n) is 2.79. The maximum atomic E-state index is 10.2. The molecule has 2 N–H and O–H groups in total. The number of para-hydroxylation sites is 1. The van der Waals surface area contributed by atoms with E-state index in [1.165, 1.54) is 6.08 Å². The molecule has 2 unspecified atom stereocenters. The molecule has 0 fully saturated rings. The lowest BCUT2D eigenvalue weighted by Gasteiger charge is -2.29. The minimum atomic E-state index is -1.61. The molecule has 2 aliphatic rings. The van der Waals surface area contributed by atoms with E-state index in [2.05, 4.69) is 0 Å². The first kappa shape index (κ1) is 8.71. The fourth-order valence-corrected chi connectivity index (χ4v) is 2.01. The zero-order valence-corrected chi connectivity index (χ0v) is 7.92. The average molecular weight is 202 g/mol. The number of ether oxygens (including phenoxy) is 1. The lowest BCUT2D eigenvalue weighted by molar-refractivity contribution is -0.138. The van der Waals surface area contributed by atoms with Gasteiger partial charge in [-0.3, -0.25) is 0 Å². The summed E-state index contributed by atoms with van der Waals surface area (Å²) in [5.74, 6) is -1.01. The van der Waals surface area contributed by atoms with Crippen LogP contribution in [-0.2, 0) is 0 Å². The van der Waals surface area contributed by atoms with Crippen LogP contribution in [0.15, 0.2) is 42.5 Å². The van der Waals surface area contributed by atoms with E-state index in [1.807, 2.05) is 18.2 Å². The van der Waals surface area contributed by atoms with Crippen molar-refractivity contribution in [2.45, 2.75) is 11.9 Å². The van der Waals surface area contributed by atoms with Crippen molar-refractivity contribution in [2.75, 3.05) is 0 Å². The van der Waals surface area contributed by atoms with Crippen molar-refractivity contribution in [1.82, 2.24) is 0 Å². The predicted molar refractivity (Wildman–Crippen MR) is 55.1 cm³/mol. The van der Waals surface area contributed by atoms with Crippen molar-refractivity contribution < 1.29 is 14.9 Å². The number of aliphatic hydroxyl groups is 2. The molecule has 0 aromatic heterocycles. The summed E-state index contributed by atoms with van der Waals surface area (Å²) in [6, 6.07) is 7.35. The summed E-state index contributed by atoms with van der Waals surface area (Å²) in [6.45, 7) is 0. The third-order valence-corrected chi connectivity index (χ3v) is 2.79. The summed E-state index contributed by atoms with van der Waals surface area (Å²) in [5.41, 5.74) is 1.46. The summed E-state index contributed by atoms with van der Waals surface area (Å²) in [4.78, 5) is 0. The van der Waals surface area contributed by atoms with Crippen LogP contribution in [0, 0.1) is 0 Å². The number of benzene rings is 1. The van der Waals surface area contributed by atoms with Gasteiger partial charge in [0.15, 0.2) is 0 Å². The first-order valence-corrected chi connectivity index (χ1v) is 4.79. The van der Waals surface area contributed by atoms with Crippen molar-refractivity contribution in [3.05, 3.63) is 48.1 Å². The van der Waals surface area contributed by atoms with Gasteiger partial charge in [-0.25, -0.2) is 0 Å². The number of rotatable bonds is 0. The standard InChI is InChI=1S/C12H10O3/c13-11-7-3-5-9-8-4-1-2-6-10(8)15-12(9,11)14/h1-7,11,13-14H. The van der Waals surface area contributed by atoms with Crippen LogP contribution in [0.1, 0.15) is 5.56 Å². The van der Waals surface area contributed by atoms with E-state index >= 15 is 0 Å². The molecule has 0 saturated heterocycles. The first-order valence-electron chi connectivity index (χ1n) is 4.79. The zero-order chi connectivity index (χ0) is 10.5. The van der Waals surface area contributed by atoms with Gasteiger partial charge in [-0.2, -0.15) is 0 Å². The average Bonchev–Trinajstić information content (AvgIpc) is 2.53. The van der Waals surface area contributed by atoms with E-state index in [9.17, 15) is 10.2 Å². The summed E-state index contributed by atoms with van der Waals surface area (Å²) >= 11 is 0. The van der Waals surface area contributed by atoms with Crippen LogP contribution in [0.25, 0.3) is 5.57 Å². The third kappa shape index (κ3) is 1.02. The Morgan fingerprint density at radius 1 is 1.27 bits per heavy atom. The molecule has 3 nitrogen and oxygen atoms in total. The lowest BCUT2D eigenvalue weighted by atomic mass is 9.92. The van der Waals surface area contributed by atoms with Crippen molar-refractivity contribution in [3.63, 3.8) is 0 Å². The predicted octanol–water partition coefficient (Wildman–Crippen LogP) is 1.08. The molecule has 0 bridgehead atoms. The Labute approximate surface area is 86.9 Å². The Hall–Kier alpha value is -1.58. The molecule has 15 heavy (non-hydrogen) atoms. The van der Waals surface area contributed by atoms with E-state index in [0.29, 0.717) is 11.3 Å². The molecule has 3 heteroatoms. The largest absolute Gasteiger partial charge is 0.454 e. The second-order valence-electron chi connectivity index (χ2n) is 3.70. The van der Waals surface area contributed by atoms with E-state index < -0.39 is 11.9 Å². The van der Waals surface area contributed by atoms with E-state index in [4.69, 9.17) is 4.74 Å². The van der Waals surface area contributed by atoms with Crippen LogP contribution in [0.4, 0.5) is 0 Å². The van der Waals surface area contributed by atoms with Gasteiger partial charge in [-0.05, 0) is 12.1 Å². The molecule has 1 aromatic rings. The highest BCUT2D eigenvalue weighted by atomic mass is 16.6. The van der Waals surface area contributed by atoms with Gasteiger partial charge < -0.3 is 14.9 Å². The fraction of sp³-hybridized carbons (Fsp3) is 0.167. The van der Waals surface area contributed by atoms with Gasteiger partial charge in [0.25, 0.3) is 5.79 Å². The van der Waals surface area contributed by atoms with E-state index in [-0.39, 0.29) is 0 Å². The van der Waals surface area contributed by atoms with E-state index in [1.54, 1.807) is 18.2 Å². The Kier molecular flexibility index (Phi) is 1.58. The van der Waals surface area contributed by atoms with Gasteiger partial charge in [0, 0.05) is 11.1 Å². The number of hydrogen-bond acceptors (Lipinski definition) is 3. The van der Waals surface area contributed by atoms with Crippen molar-refractivity contribution >= 4 is 5.57 Å². The molecule has 1 aliphatic heterocycles. The fourth-order valence-electron chi connectivity index (χ4n) is 2.01. The molecule has 76 valence electrons. The monoisotopic (exact) mass is 202 g/mol. The Morgan fingerprint density at radius 3 is 2.93 bits per heavy atom. The number of aliphatic hydroxyl groups excluding tert-OH is 1. The molecule has 0 amide bonds. The maximum absolute atomic E-state index is 10.2. The maximum Gasteiger partial charge on any atom is 0.265 e. The summed E-state index contributed by atoms with van der Waals surface area (Å²) in [5, 5.41) is 19.9. The highest BCUT2D eigenvalue weighted by Crippen LogP contribution is 2.45. The zero-order valence-electron chi connectivity index (χ0n) is 7.92. The van der Waals surface area contributed by atoms with Gasteiger partial charge in [-0.1, -0.05) is 30.4 Å².